The molecule has 0 saturated heterocycles. The lowest BCUT2D eigenvalue weighted by Crippen LogP contribution is -2.33. The van der Waals surface area contributed by atoms with Gasteiger partial charge in [-0.25, -0.2) is 0 Å². The summed E-state index contributed by atoms with van der Waals surface area (Å²) in [4.78, 5) is 35.1. The largest absolute Gasteiger partial charge is 0.505 e. The average Bonchev–Trinajstić information content (AvgIpc) is 2.67. The highest BCUT2D eigenvalue weighted by Gasteiger charge is 2.14. The number of halogens is 1. The molecule has 2 aromatic rings. The normalized spacial score (nSPS) is 10.2. The number of guanidine groups is 1. The van der Waals surface area contributed by atoms with E-state index in [9.17, 15) is 19.5 Å². The summed E-state index contributed by atoms with van der Waals surface area (Å²) in [7, 11) is 0. The average molecular weight is 434 g/mol. The van der Waals surface area contributed by atoms with E-state index in [1.165, 1.54) is 24.3 Å². The summed E-state index contributed by atoms with van der Waals surface area (Å²) in [5.74, 6) is -2.76. The Balaban J connectivity index is 2.00. The number of aliphatic carboxylic acids is 1. The van der Waals surface area contributed by atoms with Gasteiger partial charge in [0.25, 0.3) is 5.91 Å². The van der Waals surface area contributed by atoms with Crippen molar-refractivity contribution in [1.29, 1.82) is 5.41 Å². The minimum Gasteiger partial charge on any atom is -0.505 e. The maximum absolute atomic E-state index is 12.2. The van der Waals surface area contributed by atoms with E-state index in [1.54, 1.807) is 12.1 Å². The molecule has 11 heteroatoms. The third kappa shape index (κ3) is 6.67. The van der Waals surface area contributed by atoms with Crippen LogP contribution in [0.3, 0.4) is 0 Å². The molecule has 0 unspecified atom stereocenters. The maximum atomic E-state index is 12.2. The van der Waals surface area contributed by atoms with E-state index in [4.69, 9.17) is 27.9 Å². The number of hydrogen-bond acceptors (Lipinski definition) is 5. The van der Waals surface area contributed by atoms with Crippen molar-refractivity contribution >= 4 is 46.7 Å². The molecule has 158 valence electrons. The van der Waals surface area contributed by atoms with Gasteiger partial charge in [0, 0.05) is 22.7 Å². The Hall–Kier alpha value is -3.79. The smallest absolute Gasteiger partial charge is 0.303 e. The zero-order chi connectivity index (χ0) is 22.3. The highest BCUT2D eigenvalue weighted by atomic mass is 35.5. The number of phenols is 1. The quantitative estimate of drug-likeness (QED) is 0.188. The number of nitrogens with two attached hydrogens (primary N) is 1. The number of aromatic hydroxyl groups is 1. The molecule has 0 atom stereocenters. The fourth-order valence-corrected chi connectivity index (χ4v) is 2.77. The fourth-order valence-electron chi connectivity index (χ4n) is 2.53. The Morgan fingerprint density at radius 1 is 1.13 bits per heavy atom. The van der Waals surface area contributed by atoms with E-state index in [0.29, 0.717) is 5.69 Å². The second-order valence-electron chi connectivity index (χ2n) is 6.21. The van der Waals surface area contributed by atoms with Gasteiger partial charge in [0.05, 0.1) is 12.2 Å². The molecule has 0 aliphatic carbocycles. The first-order valence-corrected chi connectivity index (χ1v) is 9.06. The van der Waals surface area contributed by atoms with Gasteiger partial charge < -0.3 is 31.9 Å². The van der Waals surface area contributed by atoms with Gasteiger partial charge >= 0.3 is 5.97 Å². The predicted octanol–water partition coefficient (Wildman–Crippen LogP) is 1.74. The molecule has 0 radical (unpaired) electrons. The van der Waals surface area contributed by atoms with Crippen LogP contribution in [0.2, 0.25) is 5.02 Å². The Labute approximate surface area is 176 Å². The molecule has 2 aromatic carbocycles. The highest BCUT2D eigenvalue weighted by Crippen LogP contribution is 2.32. The van der Waals surface area contributed by atoms with E-state index in [-0.39, 0.29) is 52.9 Å². The summed E-state index contributed by atoms with van der Waals surface area (Å²) in [6.07, 6.45) is -0.180. The van der Waals surface area contributed by atoms with Crippen LogP contribution in [0.5, 0.6) is 5.75 Å². The Morgan fingerprint density at radius 2 is 1.87 bits per heavy atom. The van der Waals surface area contributed by atoms with E-state index < -0.39 is 17.8 Å². The van der Waals surface area contributed by atoms with Crippen molar-refractivity contribution in [2.45, 2.75) is 12.8 Å². The minimum atomic E-state index is -1.04. The summed E-state index contributed by atoms with van der Waals surface area (Å²) >= 11 is 5.97. The molecular formula is C19H20ClN5O5. The van der Waals surface area contributed by atoms with Gasteiger partial charge in [0.15, 0.2) is 5.96 Å². The zero-order valence-electron chi connectivity index (χ0n) is 15.7. The summed E-state index contributed by atoms with van der Waals surface area (Å²) in [5.41, 5.74) is 6.22. The molecule has 0 aliphatic heterocycles. The molecule has 0 bridgehead atoms. The van der Waals surface area contributed by atoms with Crippen LogP contribution in [0.4, 0.5) is 11.4 Å². The lowest BCUT2D eigenvalue weighted by molar-refractivity contribution is -0.137. The molecule has 0 aliphatic rings. The van der Waals surface area contributed by atoms with Crippen LogP contribution in [0, 0.1) is 5.41 Å². The molecule has 0 fully saturated rings. The number of anilines is 2. The number of benzene rings is 2. The van der Waals surface area contributed by atoms with E-state index >= 15 is 0 Å². The summed E-state index contributed by atoms with van der Waals surface area (Å²) in [6, 6.07) is 8.93. The molecule has 8 N–H and O–H groups in total. The lowest BCUT2D eigenvalue weighted by Gasteiger charge is -2.12. The van der Waals surface area contributed by atoms with Gasteiger partial charge in [-0.1, -0.05) is 17.7 Å². The first-order chi connectivity index (χ1) is 14.2. The molecule has 0 heterocycles. The van der Waals surface area contributed by atoms with Crippen molar-refractivity contribution in [3.63, 3.8) is 0 Å². The number of carboxylic acids is 1. The first-order valence-electron chi connectivity index (χ1n) is 8.68. The number of amides is 2. The van der Waals surface area contributed by atoms with E-state index in [1.807, 2.05) is 0 Å². The lowest BCUT2D eigenvalue weighted by atomic mass is 10.1. The van der Waals surface area contributed by atoms with Crippen LogP contribution >= 0.6 is 11.6 Å². The van der Waals surface area contributed by atoms with Crippen molar-refractivity contribution in [3.8, 4) is 5.75 Å². The standard InChI is InChI=1S/C19H20ClN5O5/c20-12-6-10(4-5-16(27)28)17(29)14(8-12)25-15(26)9-23-18(30)11-2-1-3-13(7-11)24-19(21)22/h1-3,6-8,29H,4-5,9H2,(H,23,30)(H,25,26)(H,27,28)(H4,21,22,24). The van der Waals surface area contributed by atoms with Gasteiger partial charge in [0.2, 0.25) is 5.91 Å². The molecule has 0 aromatic heterocycles. The molecule has 0 spiro atoms. The molecule has 2 rings (SSSR count). The number of nitrogens with one attached hydrogen (secondary N) is 4. The van der Waals surface area contributed by atoms with Gasteiger partial charge in [0.1, 0.15) is 5.75 Å². The number of aryl methyl sites for hydroxylation is 1. The molecule has 0 saturated carbocycles. The third-order valence-electron chi connectivity index (χ3n) is 3.85. The summed E-state index contributed by atoms with van der Waals surface area (Å²) < 4.78 is 0. The van der Waals surface area contributed by atoms with Crippen LogP contribution in [0.25, 0.3) is 0 Å². The van der Waals surface area contributed by atoms with E-state index in [2.05, 4.69) is 16.0 Å². The van der Waals surface area contributed by atoms with Crippen molar-refractivity contribution in [2.75, 3.05) is 17.2 Å². The third-order valence-corrected chi connectivity index (χ3v) is 4.07. The van der Waals surface area contributed by atoms with Gasteiger partial charge in [-0.3, -0.25) is 19.8 Å². The summed E-state index contributed by atoms with van der Waals surface area (Å²) in [5, 5.41) is 33.9. The molecular weight excluding hydrogens is 414 g/mol. The fraction of sp³-hybridized carbons (Fsp3) is 0.158. The Kier molecular flexibility index (Phi) is 7.59. The zero-order valence-corrected chi connectivity index (χ0v) is 16.4. The van der Waals surface area contributed by atoms with Gasteiger partial charge in [-0.2, -0.15) is 0 Å². The van der Waals surface area contributed by atoms with Crippen molar-refractivity contribution in [1.82, 2.24) is 5.32 Å². The number of rotatable bonds is 8. The van der Waals surface area contributed by atoms with Crippen LogP contribution in [-0.2, 0) is 16.0 Å². The van der Waals surface area contributed by atoms with Crippen LogP contribution in [0.1, 0.15) is 22.3 Å². The second kappa shape index (κ2) is 10.1. The van der Waals surface area contributed by atoms with Crippen LogP contribution in [0.15, 0.2) is 36.4 Å². The first kappa shape index (κ1) is 22.5. The highest BCUT2D eigenvalue weighted by molar-refractivity contribution is 6.31. The number of phenolic OH excluding ortho intramolecular Hbond substituents is 1. The SMILES string of the molecule is N=C(N)Nc1cccc(C(=O)NCC(=O)Nc2cc(Cl)cc(CCC(=O)O)c2O)c1. The minimum absolute atomic E-state index is 0.00907. The molecule has 10 nitrogen and oxygen atoms in total. The Morgan fingerprint density at radius 3 is 2.53 bits per heavy atom. The number of carboxylic acid groups (broad SMARTS) is 1. The summed E-state index contributed by atoms with van der Waals surface area (Å²) in [6.45, 7) is -0.389. The second-order valence-corrected chi connectivity index (χ2v) is 6.64. The molecule has 2 amide bonds. The van der Waals surface area contributed by atoms with Crippen molar-refractivity contribution in [2.24, 2.45) is 5.73 Å². The van der Waals surface area contributed by atoms with Crippen molar-refractivity contribution in [3.05, 3.63) is 52.5 Å². The Bertz CT molecular complexity index is 995. The maximum Gasteiger partial charge on any atom is 0.303 e. The number of carbonyl (C=O) groups is 3. The van der Waals surface area contributed by atoms with E-state index in [0.717, 1.165) is 0 Å². The monoisotopic (exact) mass is 433 g/mol. The topological polar surface area (TPSA) is 178 Å². The number of hydrogen-bond donors (Lipinski definition) is 7. The van der Waals surface area contributed by atoms with Crippen molar-refractivity contribution < 1.29 is 24.6 Å². The predicted molar refractivity (Wildman–Crippen MR) is 112 cm³/mol. The van der Waals surface area contributed by atoms with Gasteiger partial charge in [-0.15, -0.1) is 0 Å². The number of carbonyl (C=O) groups excluding carboxylic acids is 2. The van der Waals surface area contributed by atoms with Crippen LogP contribution < -0.4 is 21.7 Å². The van der Waals surface area contributed by atoms with Crippen LogP contribution in [-0.4, -0.2) is 40.5 Å². The molecule has 30 heavy (non-hydrogen) atoms. The van der Waals surface area contributed by atoms with Gasteiger partial charge in [-0.05, 0) is 42.3 Å².